The SMILES string of the molecule is Oc1cccc2c(Cl)c(Cl)c(Cl)c(Cl)c12. The Morgan fingerprint density at radius 3 is 2.07 bits per heavy atom. The fourth-order valence-electron chi connectivity index (χ4n) is 1.37. The lowest BCUT2D eigenvalue weighted by atomic mass is 10.1. The van der Waals surface area contributed by atoms with Crippen LogP contribution in [0.25, 0.3) is 10.8 Å². The molecule has 15 heavy (non-hydrogen) atoms. The third-order valence-corrected chi connectivity index (χ3v) is 3.89. The fourth-order valence-corrected chi connectivity index (χ4v) is 2.40. The van der Waals surface area contributed by atoms with Gasteiger partial charge in [0, 0.05) is 10.8 Å². The highest BCUT2D eigenvalue weighted by Crippen LogP contribution is 2.45. The first-order valence-corrected chi connectivity index (χ1v) is 5.49. The normalized spacial score (nSPS) is 10.9. The first-order chi connectivity index (χ1) is 7.04. The molecule has 2 aromatic rings. The van der Waals surface area contributed by atoms with Crippen molar-refractivity contribution in [3.63, 3.8) is 0 Å². The maximum Gasteiger partial charge on any atom is 0.125 e. The lowest BCUT2D eigenvalue weighted by Crippen LogP contribution is -1.81. The summed E-state index contributed by atoms with van der Waals surface area (Å²) >= 11 is 23.7. The van der Waals surface area contributed by atoms with Gasteiger partial charge in [0.15, 0.2) is 0 Å². The largest absolute Gasteiger partial charge is 0.507 e. The monoisotopic (exact) mass is 280 g/mol. The molecule has 2 aromatic carbocycles. The lowest BCUT2D eigenvalue weighted by Gasteiger charge is -2.09. The van der Waals surface area contributed by atoms with E-state index in [0.717, 1.165) is 0 Å². The van der Waals surface area contributed by atoms with Gasteiger partial charge in [-0.2, -0.15) is 0 Å². The van der Waals surface area contributed by atoms with Crippen LogP contribution in [0.4, 0.5) is 0 Å². The van der Waals surface area contributed by atoms with Crippen LogP contribution in [-0.2, 0) is 0 Å². The molecule has 0 aliphatic rings. The Bertz CT molecular complexity index is 551. The molecule has 1 nitrogen and oxygen atoms in total. The van der Waals surface area contributed by atoms with Crippen molar-refractivity contribution in [1.29, 1.82) is 0 Å². The number of aromatic hydroxyl groups is 1. The second-order valence-electron chi connectivity index (χ2n) is 2.96. The summed E-state index contributed by atoms with van der Waals surface area (Å²) in [7, 11) is 0. The first-order valence-electron chi connectivity index (χ1n) is 3.97. The summed E-state index contributed by atoms with van der Waals surface area (Å²) in [5, 5.41) is 11.5. The van der Waals surface area contributed by atoms with Crippen molar-refractivity contribution in [3.8, 4) is 5.75 Å². The van der Waals surface area contributed by atoms with Crippen LogP contribution in [-0.4, -0.2) is 5.11 Å². The molecule has 0 saturated carbocycles. The highest BCUT2D eigenvalue weighted by atomic mass is 35.5. The number of hydrogen-bond donors (Lipinski definition) is 1. The van der Waals surface area contributed by atoms with Gasteiger partial charge >= 0.3 is 0 Å². The van der Waals surface area contributed by atoms with Crippen molar-refractivity contribution in [2.45, 2.75) is 0 Å². The zero-order chi connectivity index (χ0) is 11.2. The first kappa shape index (κ1) is 11.2. The number of phenols is 1. The maximum atomic E-state index is 9.65. The Morgan fingerprint density at radius 1 is 0.800 bits per heavy atom. The van der Waals surface area contributed by atoms with Gasteiger partial charge in [0.2, 0.25) is 0 Å². The highest BCUT2D eigenvalue weighted by Gasteiger charge is 2.16. The van der Waals surface area contributed by atoms with Gasteiger partial charge in [-0.25, -0.2) is 0 Å². The number of benzene rings is 2. The van der Waals surface area contributed by atoms with Gasteiger partial charge in [0.25, 0.3) is 0 Å². The third kappa shape index (κ3) is 1.64. The van der Waals surface area contributed by atoms with Crippen LogP contribution in [0.1, 0.15) is 0 Å². The summed E-state index contributed by atoms with van der Waals surface area (Å²) < 4.78 is 0. The van der Waals surface area contributed by atoms with E-state index >= 15 is 0 Å². The predicted octanol–water partition coefficient (Wildman–Crippen LogP) is 5.16. The zero-order valence-electron chi connectivity index (χ0n) is 7.19. The van der Waals surface area contributed by atoms with Crippen molar-refractivity contribution in [3.05, 3.63) is 38.3 Å². The molecule has 0 saturated heterocycles. The maximum absolute atomic E-state index is 9.65. The van der Waals surface area contributed by atoms with Crippen LogP contribution in [0.2, 0.25) is 20.1 Å². The molecule has 0 spiro atoms. The molecular weight excluding hydrogens is 278 g/mol. The molecule has 0 aliphatic heterocycles. The van der Waals surface area contributed by atoms with E-state index in [1.54, 1.807) is 12.1 Å². The van der Waals surface area contributed by atoms with Gasteiger partial charge in [-0.05, 0) is 6.07 Å². The van der Waals surface area contributed by atoms with Crippen molar-refractivity contribution in [2.24, 2.45) is 0 Å². The Balaban J connectivity index is 3.08. The van der Waals surface area contributed by atoms with E-state index in [1.165, 1.54) is 6.07 Å². The predicted molar refractivity (Wildman–Crippen MR) is 65.7 cm³/mol. The molecular formula is C10H4Cl4O. The van der Waals surface area contributed by atoms with Crippen LogP contribution >= 0.6 is 46.4 Å². The molecule has 0 bridgehead atoms. The van der Waals surface area contributed by atoms with Gasteiger partial charge in [-0.3, -0.25) is 0 Å². The third-order valence-electron chi connectivity index (χ3n) is 2.08. The average Bonchev–Trinajstić information content (AvgIpc) is 2.23. The van der Waals surface area contributed by atoms with Crippen molar-refractivity contribution >= 4 is 57.2 Å². The van der Waals surface area contributed by atoms with E-state index in [4.69, 9.17) is 46.4 Å². The van der Waals surface area contributed by atoms with Gasteiger partial charge in [0.1, 0.15) is 5.75 Å². The minimum absolute atomic E-state index is 0.0259. The number of rotatable bonds is 0. The van der Waals surface area contributed by atoms with Crippen molar-refractivity contribution in [1.82, 2.24) is 0 Å². The lowest BCUT2D eigenvalue weighted by molar-refractivity contribution is 0.481. The molecule has 0 amide bonds. The van der Waals surface area contributed by atoms with E-state index in [0.29, 0.717) is 10.8 Å². The highest BCUT2D eigenvalue weighted by molar-refractivity contribution is 6.55. The molecule has 0 fully saturated rings. The van der Waals surface area contributed by atoms with Crippen molar-refractivity contribution in [2.75, 3.05) is 0 Å². The molecule has 2 rings (SSSR count). The second kappa shape index (κ2) is 3.91. The van der Waals surface area contributed by atoms with Crippen LogP contribution in [0, 0.1) is 0 Å². The van der Waals surface area contributed by atoms with Crippen LogP contribution in [0.3, 0.4) is 0 Å². The Morgan fingerprint density at radius 2 is 1.40 bits per heavy atom. The fraction of sp³-hybridized carbons (Fsp3) is 0. The van der Waals surface area contributed by atoms with Crippen LogP contribution < -0.4 is 0 Å². The number of phenolic OH excluding ortho intramolecular Hbond substituents is 1. The van der Waals surface area contributed by atoms with Crippen LogP contribution in [0.15, 0.2) is 18.2 Å². The summed E-state index contributed by atoms with van der Waals surface area (Å²) in [6.45, 7) is 0. The zero-order valence-corrected chi connectivity index (χ0v) is 10.2. The minimum atomic E-state index is 0.0259. The second-order valence-corrected chi connectivity index (χ2v) is 4.47. The number of halogens is 4. The molecule has 0 aromatic heterocycles. The van der Waals surface area contributed by atoms with Gasteiger partial charge in [0.05, 0.1) is 20.1 Å². The van der Waals surface area contributed by atoms with E-state index in [2.05, 4.69) is 0 Å². The minimum Gasteiger partial charge on any atom is -0.507 e. The summed E-state index contributed by atoms with van der Waals surface area (Å²) in [6.07, 6.45) is 0. The summed E-state index contributed by atoms with van der Waals surface area (Å²) in [5.74, 6) is 0.0259. The standard InChI is InChI=1S/C10H4Cl4O/c11-7-4-2-1-3-5(15)6(4)8(12)10(14)9(7)13/h1-3,15H. The molecule has 0 unspecified atom stereocenters. The van der Waals surface area contributed by atoms with Crippen LogP contribution in [0.5, 0.6) is 5.75 Å². The van der Waals surface area contributed by atoms with Crippen molar-refractivity contribution < 1.29 is 5.11 Å². The summed E-state index contributed by atoms with van der Waals surface area (Å²) in [4.78, 5) is 0. The summed E-state index contributed by atoms with van der Waals surface area (Å²) in [5.41, 5.74) is 0. The van der Waals surface area contributed by atoms with E-state index < -0.39 is 0 Å². The van der Waals surface area contributed by atoms with Gasteiger partial charge in [-0.1, -0.05) is 58.5 Å². The molecule has 5 heteroatoms. The molecule has 78 valence electrons. The molecule has 0 aliphatic carbocycles. The number of hydrogen-bond acceptors (Lipinski definition) is 1. The van der Waals surface area contributed by atoms with E-state index in [-0.39, 0.29) is 25.8 Å². The molecule has 0 radical (unpaired) electrons. The van der Waals surface area contributed by atoms with Gasteiger partial charge < -0.3 is 5.11 Å². The molecule has 0 heterocycles. The quantitative estimate of drug-likeness (QED) is 0.522. The average molecular weight is 282 g/mol. The van der Waals surface area contributed by atoms with Gasteiger partial charge in [-0.15, -0.1) is 0 Å². The number of fused-ring (bicyclic) bond motifs is 1. The van der Waals surface area contributed by atoms with E-state index in [9.17, 15) is 5.11 Å². The Kier molecular flexibility index (Phi) is 2.91. The molecule has 0 atom stereocenters. The summed E-state index contributed by atoms with van der Waals surface area (Å²) in [6, 6.07) is 4.88. The van der Waals surface area contributed by atoms with E-state index in [1.807, 2.05) is 0 Å². The molecule has 1 N–H and O–H groups in total. The Labute approximate surface area is 106 Å². The Hall–Kier alpha value is -0.340. The smallest absolute Gasteiger partial charge is 0.125 e. The topological polar surface area (TPSA) is 20.2 Å².